The molecule has 1 aliphatic rings. The van der Waals surface area contributed by atoms with Crippen molar-refractivity contribution in [2.75, 3.05) is 19.8 Å². The summed E-state index contributed by atoms with van der Waals surface area (Å²) in [6.07, 6.45) is 0.0206. The average Bonchev–Trinajstić information content (AvgIpc) is 2.95. The molecule has 3 atom stereocenters. The molecule has 0 spiro atoms. The Hall–Kier alpha value is 0.0169. The zero-order valence-corrected chi connectivity index (χ0v) is 12.4. The fourth-order valence-electron chi connectivity index (χ4n) is 1.67. The van der Waals surface area contributed by atoms with Gasteiger partial charge in [0, 0.05) is 19.8 Å². The Kier molecular flexibility index (Phi) is 6.05. The molecule has 6 heteroatoms. The molecular formula is C11H24O5Si. The van der Waals surface area contributed by atoms with E-state index in [0.717, 1.165) is 0 Å². The molecule has 0 saturated carbocycles. The van der Waals surface area contributed by atoms with E-state index in [4.69, 9.17) is 22.8 Å². The van der Waals surface area contributed by atoms with Crippen LogP contribution in [0.5, 0.6) is 0 Å². The van der Waals surface area contributed by atoms with Crippen molar-refractivity contribution in [1.29, 1.82) is 0 Å². The van der Waals surface area contributed by atoms with Gasteiger partial charge in [-0.15, -0.1) is 0 Å². The summed E-state index contributed by atoms with van der Waals surface area (Å²) in [7, 11) is -2.75. The minimum absolute atomic E-state index is 0.141. The maximum atomic E-state index is 5.76. The van der Waals surface area contributed by atoms with Crippen molar-refractivity contribution in [3.8, 4) is 0 Å². The molecule has 0 N–H and O–H groups in total. The second-order valence-electron chi connectivity index (χ2n) is 3.89. The van der Waals surface area contributed by atoms with Gasteiger partial charge in [-0.25, -0.2) is 0 Å². The zero-order valence-electron chi connectivity index (χ0n) is 11.4. The fourth-order valence-corrected chi connectivity index (χ4v) is 4.14. The quantitative estimate of drug-likeness (QED) is 0.469. The molecule has 102 valence electrons. The summed E-state index contributed by atoms with van der Waals surface area (Å²) < 4.78 is 28.3. The molecule has 3 unspecified atom stereocenters. The third-order valence-corrected chi connectivity index (χ3v) is 5.73. The first kappa shape index (κ1) is 15.1. The van der Waals surface area contributed by atoms with Crippen LogP contribution >= 0.6 is 0 Å². The lowest BCUT2D eigenvalue weighted by molar-refractivity contribution is -0.0341. The van der Waals surface area contributed by atoms with Gasteiger partial charge < -0.3 is 22.8 Å². The summed E-state index contributed by atoms with van der Waals surface area (Å²) in [5.74, 6) is 0. The molecule has 0 radical (unpaired) electrons. The van der Waals surface area contributed by atoms with Crippen LogP contribution in [0, 0.1) is 0 Å². The SMILES string of the molecule is CCO[Si](OCC)(OCC)C(C)OC1OC1C. The molecule has 1 aliphatic heterocycles. The molecule has 5 nitrogen and oxygen atoms in total. The molecule has 17 heavy (non-hydrogen) atoms. The van der Waals surface area contributed by atoms with E-state index in [1.807, 2.05) is 34.6 Å². The Morgan fingerprint density at radius 2 is 1.47 bits per heavy atom. The molecule has 1 rings (SSSR count). The fraction of sp³-hybridized carbons (Fsp3) is 1.00. The Bertz CT molecular complexity index is 209. The Labute approximate surface area is 105 Å². The number of hydrogen-bond acceptors (Lipinski definition) is 5. The van der Waals surface area contributed by atoms with Crippen LogP contribution in [-0.4, -0.2) is 46.7 Å². The lowest BCUT2D eigenvalue weighted by Gasteiger charge is -2.32. The van der Waals surface area contributed by atoms with Crippen LogP contribution in [0.2, 0.25) is 0 Å². The summed E-state index contributed by atoms with van der Waals surface area (Å²) in [4.78, 5) is 0. The van der Waals surface area contributed by atoms with Crippen molar-refractivity contribution < 1.29 is 22.8 Å². The molecule has 0 amide bonds. The van der Waals surface area contributed by atoms with Gasteiger partial charge in [0.25, 0.3) is 0 Å². The third kappa shape index (κ3) is 4.01. The number of epoxide rings is 1. The second kappa shape index (κ2) is 6.82. The molecular weight excluding hydrogens is 240 g/mol. The minimum Gasteiger partial charge on any atom is -0.372 e. The lowest BCUT2D eigenvalue weighted by atomic mass is 10.5. The summed E-state index contributed by atoms with van der Waals surface area (Å²) in [6, 6.07) is 0. The van der Waals surface area contributed by atoms with E-state index in [-0.39, 0.29) is 18.1 Å². The molecule has 0 aromatic rings. The first-order chi connectivity index (χ1) is 8.09. The van der Waals surface area contributed by atoms with Crippen molar-refractivity contribution in [2.45, 2.75) is 52.7 Å². The Morgan fingerprint density at radius 1 is 1.06 bits per heavy atom. The smallest absolute Gasteiger partial charge is 0.372 e. The standard InChI is InChI=1S/C11H24O5Si/c1-6-12-17(13-7-2,14-8-3)10(5)16-11-9(4)15-11/h9-11H,6-8H2,1-5H3. The van der Waals surface area contributed by atoms with E-state index in [1.54, 1.807) is 0 Å². The third-order valence-electron chi connectivity index (χ3n) is 2.53. The lowest BCUT2D eigenvalue weighted by Crippen LogP contribution is -2.56. The van der Waals surface area contributed by atoms with E-state index in [9.17, 15) is 0 Å². The van der Waals surface area contributed by atoms with E-state index >= 15 is 0 Å². The van der Waals surface area contributed by atoms with Crippen LogP contribution in [0.1, 0.15) is 34.6 Å². The van der Waals surface area contributed by atoms with Crippen LogP contribution in [0.4, 0.5) is 0 Å². The highest BCUT2D eigenvalue weighted by Gasteiger charge is 2.51. The zero-order chi connectivity index (χ0) is 12.9. The van der Waals surface area contributed by atoms with Crippen LogP contribution in [0.15, 0.2) is 0 Å². The van der Waals surface area contributed by atoms with Crippen molar-refractivity contribution in [3.63, 3.8) is 0 Å². The van der Waals surface area contributed by atoms with Crippen LogP contribution in [0.3, 0.4) is 0 Å². The van der Waals surface area contributed by atoms with Crippen LogP contribution < -0.4 is 0 Å². The molecule has 0 aromatic heterocycles. The van der Waals surface area contributed by atoms with Gasteiger partial charge >= 0.3 is 8.80 Å². The second-order valence-corrected chi connectivity index (χ2v) is 6.78. The largest absolute Gasteiger partial charge is 0.531 e. The topological polar surface area (TPSA) is 49.5 Å². The summed E-state index contributed by atoms with van der Waals surface area (Å²) in [5.41, 5.74) is -0.211. The van der Waals surface area contributed by atoms with Crippen molar-refractivity contribution >= 4 is 8.80 Å². The van der Waals surface area contributed by atoms with E-state index in [1.165, 1.54) is 0 Å². The molecule has 0 bridgehead atoms. The summed E-state index contributed by atoms with van der Waals surface area (Å²) in [6.45, 7) is 11.4. The van der Waals surface area contributed by atoms with Crippen molar-refractivity contribution in [1.82, 2.24) is 0 Å². The highest BCUT2D eigenvalue weighted by Crippen LogP contribution is 2.27. The summed E-state index contributed by atoms with van der Waals surface area (Å²) in [5, 5.41) is 0. The van der Waals surface area contributed by atoms with E-state index < -0.39 is 8.80 Å². The molecule has 1 saturated heterocycles. The average molecular weight is 264 g/mol. The van der Waals surface area contributed by atoms with E-state index in [0.29, 0.717) is 19.8 Å². The number of hydrogen-bond donors (Lipinski definition) is 0. The van der Waals surface area contributed by atoms with Crippen molar-refractivity contribution in [3.05, 3.63) is 0 Å². The first-order valence-electron chi connectivity index (χ1n) is 6.32. The first-order valence-corrected chi connectivity index (χ1v) is 8.12. The van der Waals surface area contributed by atoms with Gasteiger partial charge in [-0.1, -0.05) is 0 Å². The molecule has 1 heterocycles. The minimum atomic E-state index is -2.75. The normalized spacial score (nSPS) is 25.9. The van der Waals surface area contributed by atoms with Gasteiger partial charge in [0.15, 0.2) is 6.29 Å². The van der Waals surface area contributed by atoms with Gasteiger partial charge in [0.2, 0.25) is 0 Å². The van der Waals surface area contributed by atoms with Gasteiger partial charge in [0.1, 0.15) is 11.8 Å². The number of ether oxygens (including phenoxy) is 2. The van der Waals surface area contributed by atoms with Gasteiger partial charge in [-0.3, -0.25) is 0 Å². The molecule has 1 fully saturated rings. The van der Waals surface area contributed by atoms with Crippen molar-refractivity contribution in [2.24, 2.45) is 0 Å². The van der Waals surface area contributed by atoms with E-state index in [2.05, 4.69) is 0 Å². The van der Waals surface area contributed by atoms with Crippen LogP contribution in [0.25, 0.3) is 0 Å². The highest BCUT2D eigenvalue weighted by molar-refractivity contribution is 6.62. The van der Waals surface area contributed by atoms with Gasteiger partial charge in [-0.2, -0.15) is 0 Å². The Balaban J connectivity index is 2.62. The predicted octanol–water partition coefficient (Wildman–Crippen LogP) is 1.72. The molecule has 0 aliphatic carbocycles. The maximum absolute atomic E-state index is 5.76. The Morgan fingerprint density at radius 3 is 1.76 bits per heavy atom. The van der Waals surface area contributed by atoms with Gasteiger partial charge in [0.05, 0.1) is 0 Å². The molecule has 0 aromatic carbocycles. The highest BCUT2D eigenvalue weighted by atomic mass is 28.4. The summed E-state index contributed by atoms with van der Waals surface area (Å²) >= 11 is 0. The maximum Gasteiger partial charge on any atom is 0.531 e. The van der Waals surface area contributed by atoms with Gasteiger partial charge in [-0.05, 0) is 34.6 Å². The predicted molar refractivity (Wildman–Crippen MR) is 65.5 cm³/mol. The van der Waals surface area contributed by atoms with Crippen LogP contribution in [-0.2, 0) is 22.8 Å². The monoisotopic (exact) mass is 264 g/mol. The number of rotatable bonds is 9.